The first-order valence-electron chi connectivity index (χ1n) is 7.22. The van der Waals surface area contributed by atoms with Crippen LogP contribution in [0.25, 0.3) is 0 Å². The highest BCUT2D eigenvalue weighted by Crippen LogP contribution is 2.20. The van der Waals surface area contributed by atoms with Gasteiger partial charge in [0.1, 0.15) is 5.75 Å². The first-order valence-corrected chi connectivity index (χ1v) is 7.22. The molecule has 0 aliphatic heterocycles. The Labute approximate surface area is 127 Å². The van der Waals surface area contributed by atoms with Gasteiger partial charge in [-0.25, -0.2) is 0 Å². The van der Waals surface area contributed by atoms with Crippen LogP contribution in [0, 0.1) is 6.92 Å². The SMILES string of the molecule is COc1ccc(CN(C)Cc2cccc(C)c2)cc1CN. The summed E-state index contributed by atoms with van der Waals surface area (Å²) in [6.07, 6.45) is 0. The fourth-order valence-electron chi connectivity index (χ4n) is 2.58. The third-order valence-electron chi connectivity index (χ3n) is 3.55. The van der Waals surface area contributed by atoms with Gasteiger partial charge in [-0.15, -0.1) is 0 Å². The van der Waals surface area contributed by atoms with Gasteiger partial charge in [-0.05, 0) is 37.2 Å². The molecule has 0 fully saturated rings. The molecule has 3 nitrogen and oxygen atoms in total. The average Bonchev–Trinajstić information content (AvgIpc) is 2.47. The average molecular weight is 284 g/mol. The van der Waals surface area contributed by atoms with E-state index in [0.29, 0.717) is 6.54 Å². The molecule has 2 aromatic carbocycles. The van der Waals surface area contributed by atoms with E-state index in [2.05, 4.69) is 55.3 Å². The molecule has 0 aliphatic rings. The lowest BCUT2D eigenvalue weighted by atomic mass is 10.1. The van der Waals surface area contributed by atoms with Crippen LogP contribution in [0.2, 0.25) is 0 Å². The summed E-state index contributed by atoms with van der Waals surface area (Å²) < 4.78 is 5.31. The minimum Gasteiger partial charge on any atom is -0.496 e. The van der Waals surface area contributed by atoms with E-state index in [4.69, 9.17) is 10.5 Å². The number of nitrogens with two attached hydrogens (primary N) is 1. The van der Waals surface area contributed by atoms with Crippen molar-refractivity contribution in [2.75, 3.05) is 14.2 Å². The number of rotatable bonds is 6. The molecule has 0 aliphatic carbocycles. The van der Waals surface area contributed by atoms with Gasteiger partial charge in [0.2, 0.25) is 0 Å². The number of nitrogens with zero attached hydrogens (tertiary/aromatic N) is 1. The van der Waals surface area contributed by atoms with E-state index in [1.165, 1.54) is 16.7 Å². The van der Waals surface area contributed by atoms with Crippen LogP contribution in [0.4, 0.5) is 0 Å². The largest absolute Gasteiger partial charge is 0.496 e. The molecule has 0 unspecified atom stereocenters. The van der Waals surface area contributed by atoms with Crippen LogP contribution < -0.4 is 10.5 Å². The normalized spacial score (nSPS) is 10.9. The summed E-state index contributed by atoms with van der Waals surface area (Å²) in [5, 5.41) is 0. The highest BCUT2D eigenvalue weighted by atomic mass is 16.5. The molecule has 0 atom stereocenters. The lowest BCUT2D eigenvalue weighted by molar-refractivity contribution is 0.318. The lowest BCUT2D eigenvalue weighted by Crippen LogP contribution is -2.17. The molecule has 112 valence electrons. The summed E-state index contributed by atoms with van der Waals surface area (Å²) in [4.78, 5) is 2.30. The van der Waals surface area contributed by atoms with Gasteiger partial charge in [0, 0.05) is 25.2 Å². The van der Waals surface area contributed by atoms with E-state index in [0.717, 1.165) is 24.4 Å². The van der Waals surface area contributed by atoms with E-state index in [1.807, 2.05) is 6.07 Å². The molecule has 3 heteroatoms. The molecule has 0 spiro atoms. The molecule has 2 N–H and O–H groups in total. The molecular formula is C18H24N2O. The number of methoxy groups -OCH3 is 1. The van der Waals surface area contributed by atoms with Crippen molar-refractivity contribution in [1.82, 2.24) is 4.90 Å². The molecular weight excluding hydrogens is 260 g/mol. The maximum absolute atomic E-state index is 5.77. The van der Waals surface area contributed by atoms with Crippen LogP contribution in [0.5, 0.6) is 5.75 Å². The maximum atomic E-state index is 5.77. The first-order chi connectivity index (χ1) is 10.1. The number of hydrogen-bond acceptors (Lipinski definition) is 3. The summed E-state index contributed by atoms with van der Waals surface area (Å²) in [6.45, 7) is 4.45. The number of aryl methyl sites for hydroxylation is 1. The zero-order chi connectivity index (χ0) is 15.2. The molecule has 0 aromatic heterocycles. The standard InChI is InChI=1S/C18H24N2O/c1-14-5-4-6-15(9-14)12-20(2)13-16-7-8-18(21-3)17(10-16)11-19/h4-10H,11-13,19H2,1-3H3. The van der Waals surface area contributed by atoms with Gasteiger partial charge in [0.05, 0.1) is 7.11 Å². The molecule has 2 rings (SSSR count). The second-order valence-corrected chi connectivity index (χ2v) is 5.51. The van der Waals surface area contributed by atoms with Crippen LogP contribution in [0.15, 0.2) is 42.5 Å². The van der Waals surface area contributed by atoms with Crippen LogP contribution >= 0.6 is 0 Å². The van der Waals surface area contributed by atoms with Gasteiger partial charge >= 0.3 is 0 Å². The summed E-state index contributed by atoms with van der Waals surface area (Å²) in [6, 6.07) is 14.9. The molecule has 0 heterocycles. The van der Waals surface area contributed by atoms with Crippen LogP contribution in [0.1, 0.15) is 22.3 Å². The summed E-state index contributed by atoms with van der Waals surface area (Å²) >= 11 is 0. The molecule has 0 amide bonds. The summed E-state index contributed by atoms with van der Waals surface area (Å²) in [7, 11) is 3.81. The quantitative estimate of drug-likeness (QED) is 0.886. The monoisotopic (exact) mass is 284 g/mol. The Bertz CT molecular complexity index is 596. The Morgan fingerprint density at radius 2 is 1.76 bits per heavy atom. The first kappa shape index (κ1) is 15.5. The van der Waals surface area contributed by atoms with Crippen LogP contribution in [0.3, 0.4) is 0 Å². The van der Waals surface area contributed by atoms with Gasteiger partial charge in [-0.3, -0.25) is 4.90 Å². The van der Waals surface area contributed by atoms with E-state index < -0.39 is 0 Å². The van der Waals surface area contributed by atoms with Crippen molar-refractivity contribution in [2.24, 2.45) is 5.73 Å². The van der Waals surface area contributed by atoms with Crippen LogP contribution in [-0.2, 0) is 19.6 Å². The van der Waals surface area contributed by atoms with E-state index >= 15 is 0 Å². The van der Waals surface area contributed by atoms with Gasteiger partial charge in [-0.1, -0.05) is 35.9 Å². The minimum absolute atomic E-state index is 0.499. The smallest absolute Gasteiger partial charge is 0.123 e. The second-order valence-electron chi connectivity index (χ2n) is 5.51. The Morgan fingerprint density at radius 3 is 2.38 bits per heavy atom. The fourth-order valence-corrected chi connectivity index (χ4v) is 2.58. The van der Waals surface area contributed by atoms with Crippen molar-refractivity contribution >= 4 is 0 Å². The Kier molecular flexibility index (Phi) is 5.37. The number of hydrogen-bond donors (Lipinski definition) is 1. The lowest BCUT2D eigenvalue weighted by Gasteiger charge is -2.18. The zero-order valence-electron chi connectivity index (χ0n) is 13.1. The van der Waals surface area contributed by atoms with E-state index in [-0.39, 0.29) is 0 Å². The van der Waals surface area contributed by atoms with Crippen molar-refractivity contribution in [2.45, 2.75) is 26.6 Å². The Hall–Kier alpha value is -1.84. The number of benzene rings is 2. The van der Waals surface area contributed by atoms with Crippen molar-refractivity contribution in [3.63, 3.8) is 0 Å². The van der Waals surface area contributed by atoms with Crippen molar-refractivity contribution < 1.29 is 4.74 Å². The highest BCUT2D eigenvalue weighted by Gasteiger charge is 2.06. The molecule has 0 radical (unpaired) electrons. The topological polar surface area (TPSA) is 38.5 Å². The predicted molar refractivity (Wildman–Crippen MR) is 87.2 cm³/mol. The third kappa shape index (κ3) is 4.31. The van der Waals surface area contributed by atoms with Crippen molar-refractivity contribution in [1.29, 1.82) is 0 Å². The number of ether oxygens (including phenoxy) is 1. The van der Waals surface area contributed by atoms with Crippen LogP contribution in [-0.4, -0.2) is 19.1 Å². The van der Waals surface area contributed by atoms with Gasteiger partial charge < -0.3 is 10.5 Å². The van der Waals surface area contributed by atoms with Crippen molar-refractivity contribution in [3.8, 4) is 5.75 Å². The Balaban J connectivity index is 2.04. The van der Waals surface area contributed by atoms with E-state index in [1.54, 1.807) is 7.11 Å². The Morgan fingerprint density at radius 1 is 1.05 bits per heavy atom. The van der Waals surface area contributed by atoms with Gasteiger partial charge in [0.15, 0.2) is 0 Å². The van der Waals surface area contributed by atoms with Gasteiger partial charge in [-0.2, -0.15) is 0 Å². The molecule has 2 aromatic rings. The molecule has 0 bridgehead atoms. The highest BCUT2D eigenvalue weighted by molar-refractivity contribution is 5.37. The van der Waals surface area contributed by atoms with Gasteiger partial charge in [0.25, 0.3) is 0 Å². The fraction of sp³-hybridized carbons (Fsp3) is 0.333. The third-order valence-corrected chi connectivity index (χ3v) is 3.55. The minimum atomic E-state index is 0.499. The van der Waals surface area contributed by atoms with Crippen molar-refractivity contribution in [3.05, 3.63) is 64.7 Å². The molecule has 21 heavy (non-hydrogen) atoms. The second kappa shape index (κ2) is 7.25. The molecule has 0 saturated heterocycles. The van der Waals surface area contributed by atoms with E-state index in [9.17, 15) is 0 Å². The predicted octanol–water partition coefficient (Wildman–Crippen LogP) is 3.09. The summed E-state index contributed by atoms with van der Waals surface area (Å²) in [5.41, 5.74) is 10.7. The zero-order valence-corrected chi connectivity index (χ0v) is 13.1. The summed E-state index contributed by atoms with van der Waals surface area (Å²) in [5.74, 6) is 0.864. The maximum Gasteiger partial charge on any atom is 0.123 e. The molecule has 0 saturated carbocycles.